The van der Waals surface area contributed by atoms with Crippen LogP contribution >= 0.6 is 0 Å². The minimum atomic E-state index is -0.919. The van der Waals surface area contributed by atoms with E-state index in [-0.39, 0.29) is 39.0 Å². The molecule has 0 aliphatic rings. The second kappa shape index (κ2) is 4.20. The molecule has 1 heterocycles. The number of fused-ring (bicyclic) bond motifs is 3. The maximum atomic E-state index is 11.9. The minimum absolute atomic E-state index is 0.0194. The molecule has 0 atom stereocenters. The molecule has 0 fully saturated rings. The van der Waals surface area contributed by atoms with Gasteiger partial charge >= 0.3 is 5.63 Å². The van der Waals surface area contributed by atoms with Crippen molar-refractivity contribution in [3.8, 4) is 28.7 Å². The molecule has 0 amide bonds. The lowest BCUT2D eigenvalue weighted by Crippen LogP contribution is -2.01. The Morgan fingerprint density at radius 3 is 2.33 bits per heavy atom. The second-order valence-electron chi connectivity index (χ2n) is 4.43. The zero-order valence-corrected chi connectivity index (χ0v) is 10.7. The molecule has 0 aliphatic carbocycles. The number of methoxy groups -OCH3 is 1. The van der Waals surface area contributed by atoms with Crippen LogP contribution in [0.2, 0.25) is 0 Å². The number of phenols is 4. The number of phenolic OH excluding ortho intramolecular Hbond substituents is 4. The summed E-state index contributed by atoms with van der Waals surface area (Å²) < 4.78 is 9.83. The van der Waals surface area contributed by atoms with E-state index in [1.807, 2.05) is 0 Å². The van der Waals surface area contributed by atoms with Crippen LogP contribution in [0, 0.1) is 0 Å². The van der Waals surface area contributed by atoms with Gasteiger partial charge in [-0.25, -0.2) is 4.79 Å². The normalized spacial score (nSPS) is 11.1. The maximum Gasteiger partial charge on any atom is 0.348 e. The minimum Gasteiger partial charge on any atom is -0.508 e. The van der Waals surface area contributed by atoms with Crippen LogP contribution < -0.4 is 10.4 Å². The third-order valence-corrected chi connectivity index (χ3v) is 3.19. The standard InChI is InChI=1S/C14H10O7/c1-20-9-4-8(17)10-6-2-5(15)3-7(16)11(6)14(19)21-13(10)12(9)18/h2-4,15-18H,1H3. The summed E-state index contributed by atoms with van der Waals surface area (Å²) in [7, 11) is 1.27. The van der Waals surface area contributed by atoms with Crippen LogP contribution in [0.4, 0.5) is 0 Å². The second-order valence-corrected chi connectivity index (χ2v) is 4.43. The largest absolute Gasteiger partial charge is 0.508 e. The van der Waals surface area contributed by atoms with Crippen LogP contribution in [0.15, 0.2) is 27.4 Å². The quantitative estimate of drug-likeness (QED) is 0.306. The molecule has 0 unspecified atom stereocenters. The topological polar surface area (TPSA) is 120 Å². The van der Waals surface area contributed by atoms with Crippen LogP contribution in [0.1, 0.15) is 0 Å². The molecule has 7 heteroatoms. The lowest BCUT2D eigenvalue weighted by molar-refractivity contribution is 0.366. The van der Waals surface area contributed by atoms with Gasteiger partial charge in [-0.15, -0.1) is 0 Å². The summed E-state index contributed by atoms with van der Waals surface area (Å²) in [6.45, 7) is 0. The molecule has 3 aromatic rings. The predicted molar refractivity (Wildman–Crippen MR) is 73.2 cm³/mol. The fraction of sp³-hybridized carbons (Fsp3) is 0.0714. The fourth-order valence-corrected chi connectivity index (χ4v) is 2.29. The van der Waals surface area contributed by atoms with Crippen molar-refractivity contribution in [2.24, 2.45) is 0 Å². The highest BCUT2D eigenvalue weighted by Gasteiger charge is 2.20. The first kappa shape index (κ1) is 12.9. The van der Waals surface area contributed by atoms with Crippen LogP contribution in [0.25, 0.3) is 21.7 Å². The molecule has 1 aromatic heterocycles. The van der Waals surface area contributed by atoms with Gasteiger partial charge < -0.3 is 29.6 Å². The Labute approximate surface area is 116 Å². The molecule has 0 saturated carbocycles. The summed E-state index contributed by atoms with van der Waals surface area (Å²) in [5.74, 6) is -1.67. The molecule has 0 spiro atoms. The third kappa shape index (κ3) is 1.71. The maximum absolute atomic E-state index is 11.9. The Morgan fingerprint density at radius 1 is 1.00 bits per heavy atom. The lowest BCUT2D eigenvalue weighted by Gasteiger charge is -2.10. The van der Waals surface area contributed by atoms with Gasteiger partial charge in [-0.3, -0.25) is 0 Å². The van der Waals surface area contributed by atoms with E-state index in [1.54, 1.807) is 0 Å². The molecule has 0 radical (unpaired) electrons. The number of ether oxygens (including phenoxy) is 1. The highest BCUT2D eigenvalue weighted by atomic mass is 16.5. The number of benzene rings is 2. The third-order valence-electron chi connectivity index (χ3n) is 3.19. The first-order valence-electron chi connectivity index (χ1n) is 5.85. The van der Waals surface area contributed by atoms with E-state index >= 15 is 0 Å². The molecular weight excluding hydrogens is 280 g/mol. The molecule has 0 aliphatic heterocycles. The Hall–Kier alpha value is -3.09. The van der Waals surface area contributed by atoms with Crippen molar-refractivity contribution in [3.63, 3.8) is 0 Å². The van der Waals surface area contributed by atoms with Gasteiger partial charge in [0.15, 0.2) is 11.3 Å². The van der Waals surface area contributed by atoms with Crippen molar-refractivity contribution >= 4 is 21.7 Å². The molecular formula is C14H10O7. The molecule has 0 saturated heterocycles. The summed E-state index contributed by atoms with van der Waals surface area (Å²) in [6, 6.07) is 3.30. The zero-order valence-electron chi connectivity index (χ0n) is 10.7. The average Bonchev–Trinajstić information content (AvgIpc) is 2.41. The van der Waals surface area contributed by atoms with E-state index in [1.165, 1.54) is 13.2 Å². The van der Waals surface area contributed by atoms with Gasteiger partial charge in [-0.2, -0.15) is 0 Å². The first-order chi connectivity index (χ1) is 9.93. The van der Waals surface area contributed by atoms with Crippen molar-refractivity contribution in [1.82, 2.24) is 0 Å². The molecule has 0 bridgehead atoms. The lowest BCUT2D eigenvalue weighted by atomic mass is 10.0. The zero-order chi connectivity index (χ0) is 15.3. The Bertz CT molecular complexity index is 940. The highest BCUT2D eigenvalue weighted by Crippen LogP contribution is 2.44. The Kier molecular flexibility index (Phi) is 2.59. The van der Waals surface area contributed by atoms with Crippen molar-refractivity contribution in [2.45, 2.75) is 0 Å². The Balaban J connectivity index is 2.67. The van der Waals surface area contributed by atoms with Crippen molar-refractivity contribution in [3.05, 3.63) is 28.6 Å². The first-order valence-corrected chi connectivity index (χ1v) is 5.85. The molecule has 3 rings (SSSR count). The van der Waals surface area contributed by atoms with Gasteiger partial charge in [-0.05, 0) is 6.07 Å². The van der Waals surface area contributed by atoms with Crippen LogP contribution in [0.3, 0.4) is 0 Å². The Morgan fingerprint density at radius 2 is 1.67 bits per heavy atom. The van der Waals surface area contributed by atoms with E-state index in [4.69, 9.17) is 9.15 Å². The summed E-state index contributed by atoms with van der Waals surface area (Å²) in [5, 5.41) is 39.2. The van der Waals surface area contributed by atoms with Gasteiger partial charge in [0.05, 0.1) is 12.5 Å². The highest BCUT2D eigenvalue weighted by molar-refractivity contribution is 6.11. The van der Waals surface area contributed by atoms with E-state index in [0.29, 0.717) is 0 Å². The summed E-state index contributed by atoms with van der Waals surface area (Å²) in [6.07, 6.45) is 0. The van der Waals surface area contributed by atoms with Gasteiger partial charge in [0.2, 0.25) is 5.75 Å². The summed E-state index contributed by atoms with van der Waals surface area (Å²) in [5.41, 5.74) is -1.22. The van der Waals surface area contributed by atoms with E-state index in [9.17, 15) is 25.2 Å². The van der Waals surface area contributed by atoms with Crippen molar-refractivity contribution in [2.75, 3.05) is 7.11 Å². The van der Waals surface area contributed by atoms with Gasteiger partial charge in [0, 0.05) is 17.5 Å². The van der Waals surface area contributed by atoms with Crippen LogP contribution in [-0.2, 0) is 0 Å². The predicted octanol–water partition coefficient (Wildman–Crippen LogP) is 1.78. The average molecular weight is 290 g/mol. The van der Waals surface area contributed by atoms with E-state index in [0.717, 1.165) is 12.1 Å². The fourth-order valence-electron chi connectivity index (χ4n) is 2.29. The number of aromatic hydroxyl groups is 4. The van der Waals surface area contributed by atoms with Gasteiger partial charge in [-0.1, -0.05) is 0 Å². The van der Waals surface area contributed by atoms with E-state index in [2.05, 4.69) is 0 Å². The molecule has 4 N–H and O–H groups in total. The van der Waals surface area contributed by atoms with E-state index < -0.39 is 17.1 Å². The monoisotopic (exact) mass is 290 g/mol. The number of hydrogen-bond acceptors (Lipinski definition) is 7. The van der Waals surface area contributed by atoms with Crippen LogP contribution in [0.5, 0.6) is 28.7 Å². The molecule has 2 aromatic carbocycles. The van der Waals surface area contributed by atoms with Crippen molar-refractivity contribution < 1.29 is 29.6 Å². The van der Waals surface area contributed by atoms with Crippen molar-refractivity contribution in [1.29, 1.82) is 0 Å². The molecule has 108 valence electrons. The molecule has 21 heavy (non-hydrogen) atoms. The SMILES string of the molecule is COc1cc(O)c2c(oc(=O)c3c(O)cc(O)cc32)c1O. The van der Waals surface area contributed by atoms with Gasteiger partial charge in [0.25, 0.3) is 0 Å². The summed E-state index contributed by atoms with van der Waals surface area (Å²) in [4.78, 5) is 11.9. The number of hydrogen-bond donors (Lipinski definition) is 4. The van der Waals surface area contributed by atoms with Gasteiger partial charge in [0.1, 0.15) is 22.6 Å². The summed E-state index contributed by atoms with van der Waals surface area (Å²) >= 11 is 0. The van der Waals surface area contributed by atoms with Crippen LogP contribution in [-0.4, -0.2) is 27.5 Å². The smallest absolute Gasteiger partial charge is 0.348 e. The molecule has 7 nitrogen and oxygen atoms in total. The number of rotatable bonds is 1.